The van der Waals surface area contributed by atoms with E-state index in [1.54, 1.807) is 0 Å². The Bertz CT molecular complexity index is 232. The molecule has 0 saturated heterocycles. The van der Waals surface area contributed by atoms with Gasteiger partial charge in [0, 0.05) is 18.6 Å². The molecular weight excluding hydrogens is 212 g/mol. The summed E-state index contributed by atoms with van der Waals surface area (Å²) in [6.07, 6.45) is 6.49. The van der Waals surface area contributed by atoms with Gasteiger partial charge in [-0.1, -0.05) is 19.3 Å². The molecule has 0 amide bonds. The molecule has 1 saturated carbocycles. The molecule has 0 radical (unpaired) electrons. The van der Waals surface area contributed by atoms with Gasteiger partial charge in [0.1, 0.15) is 0 Å². The van der Waals surface area contributed by atoms with Crippen molar-refractivity contribution < 1.29 is 0 Å². The van der Waals surface area contributed by atoms with Gasteiger partial charge < -0.3 is 16.0 Å². The van der Waals surface area contributed by atoms with Gasteiger partial charge in [-0.25, -0.2) is 0 Å². The second kappa shape index (κ2) is 7.54. The van der Waals surface area contributed by atoms with Gasteiger partial charge in [-0.2, -0.15) is 0 Å². The van der Waals surface area contributed by atoms with E-state index in [9.17, 15) is 0 Å². The van der Waals surface area contributed by atoms with Crippen LogP contribution in [0.3, 0.4) is 0 Å². The van der Waals surface area contributed by atoms with Gasteiger partial charge in [0.15, 0.2) is 5.96 Å². The van der Waals surface area contributed by atoms with E-state index < -0.39 is 0 Å². The molecular formula is C13H28N4. The Morgan fingerprint density at radius 2 is 2.00 bits per heavy atom. The molecule has 17 heavy (non-hydrogen) atoms. The van der Waals surface area contributed by atoms with Crippen LogP contribution in [0.5, 0.6) is 0 Å². The third-order valence-electron chi connectivity index (χ3n) is 3.57. The first kappa shape index (κ1) is 14.3. The molecule has 0 heterocycles. The van der Waals surface area contributed by atoms with Crippen molar-refractivity contribution in [2.24, 2.45) is 10.7 Å². The Morgan fingerprint density at radius 3 is 2.59 bits per heavy atom. The van der Waals surface area contributed by atoms with E-state index in [4.69, 9.17) is 5.73 Å². The zero-order valence-electron chi connectivity index (χ0n) is 11.6. The molecule has 1 aliphatic carbocycles. The van der Waals surface area contributed by atoms with E-state index in [-0.39, 0.29) is 0 Å². The Hall–Kier alpha value is -0.770. The SMILES string of the molecule is CC(C)N(C)CCN=C(N)NC1CCCCC1. The third-order valence-corrected chi connectivity index (χ3v) is 3.57. The molecule has 0 aromatic rings. The molecule has 0 aliphatic heterocycles. The highest BCUT2D eigenvalue weighted by Crippen LogP contribution is 2.16. The number of aliphatic imine (C=N–C) groups is 1. The minimum Gasteiger partial charge on any atom is -0.370 e. The lowest BCUT2D eigenvalue weighted by Gasteiger charge is -2.23. The summed E-state index contributed by atoms with van der Waals surface area (Å²) in [4.78, 5) is 6.66. The maximum atomic E-state index is 5.89. The predicted octanol–water partition coefficient (Wildman–Crippen LogP) is 1.56. The van der Waals surface area contributed by atoms with Gasteiger partial charge in [0.2, 0.25) is 0 Å². The smallest absolute Gasteiger partial charge is 0.188 e. The number of nitrogens with zero attached hydrogens (tertiary/aromatic N) is 2. The fourth-order valence-electron chi connectivity index (χ4n) is 2.09. The first-order valence-corrected chi connectivity index (χ1v) is 6.86. The van der Waals surface area contributed by atoms with Gasteiger partial charge in [0.25, 0.3) is 0 Å². The Balaban J connectivity index is 2.19. The molecule has 0 spiro atoms. The van der Waals surface area contributed by atoms with Crippen LogP contribution in [0.1, 0.15) is 46.0 Å². The van der Waals surface area contributed by atoms with Gasteiger partial charge >= 0.3 is 0 Å². The van der Waals surface area contributed by atoms with Crippen molar-refractivity contribution in [1.29, 1.82) is 0 Å². The lowest BCUT2D eigenvalue weighted by Crippen LogP contribution is -2.41. The molecule has 0 bridgehead atoms. The average Bonchev–Trinajstić information content (AvgIpc) is 2.30. The quantitative estimate of drug-likeness (QED) is 0.566. The molecule has 1 aliphatic rings. The number of nitrogens with one attached hydrogen (secondary N) is 1. The minimum atomic E-state index is 0.551. The van der Waals surface area contributed by atoms with Crippen LogP contribution >= 0.6 is 0 Å². The van der Waals surface area contributed by atoms with Crippen molar-refractivity contribution >= 4 is 5.96 Å². The van der Waals surface area contributed by atoms with E-state index in [2.05, 4.69) is 36.1 Å². The maximum Gasteiger partial charge on any atom is 0.188 e. The van der Waals surface area contributed by atoms with Crippen LogP contribution in [0, 0.1) is 0 Å². The summed E-state index contributed by atoms with van der Waals surface area (Å²) in [6.45, 7) is 6.12. The van der Waals surface area contributed by atoms with E-state index in [1.165, 1.54) is 32.1 Å². The summed E-state index contributed by atoms with van der Waals surface area (Å²) >= 11 is 0. The summed E-state index contributed by atoms with van der Waals surface area (Å²) in [5.74, 6) is 0.619. The standard InChI is InChI=1S/C13H28N4/c1-11(2)17(3)10-9-15-13(14)16-12-7-5-4-6-8-12/h11-12H,4-10H2,1-3H3,(H3,14,15,16). The zero-order valence-corrected chi connectivity index (χ0v) is 11.6. The lowest BCUT2D eigenvalue weighted by atomic mass is 9.96. The fourth-order valence-corrected chi connectivity index (χ4v) is 2.09. The molecule has 0 aromatic heterocycles. The molecule has 4 heteroatoms. The van der Waals surface area contributed by atoms with Gasteiger partial charge in [0.05, 0.1) is 6.54 Å². The van der Waals surface area contributed by atoms with Crippen molar-refractivity contribution in [2.45, 2.75) is 58.0 Å². The van der Waals surface area contributed by atoms with Crippen LogP contribution in [0.15, 0.2) is 4.99 Å². The monoisotopic (exact) mass is 240 g/mol. The van der Waals surface area contributed by atoms with Crippen LogP contribution in [-0.4, -0.2) is 43.1 Å². The van der Waals surface area contributed by atoms with Gasteiger partial charge in [-0.3, -0.25) is 4.99 Å². The summed E-state index contributed by atoms with van der Waals surface area (Å²) < 4.78 is 0. The number of nitrogens with two attached hydrogens (primary N) is 1. The van der Waals surface area contributed by atoms with Crippen molar-refractivity contribution in [3.8, 4) is 0 Å². The van der Waals surface area contributed by atoms with Crippen LogP contribution in [0.25, 0.3) is 0 Å². The van der Waals surface area contributed by atoms with E-state index in [1.807, 2.05) is 0 Å². The number of rotatable bonds is 5. The molecule has 3 N–H and O–H groups in total. The largest absolute Gasteiger partial charge is 0.370 e. The first-order valence-electron chi connectivity index (χ1n) is 6.86. The number of likely N-dealkylation sites (N-methyl/N-ethyl adjacent to an activating group) is 1. The van der Waals surface area contributed by atoms with Crippen LogP contribution in [-0.2, 0) is 0 Å². The molecule has 100 valence electrons. The summed E-state index contributed by atoms with van der Waals surface area (Å²) in [5, 5.41) is 3.33. The second-order valence-electron chi connectivity index (χ2n) is 5.32. The number of guanidine groups is 1. The van der Waals surface area contributed by atoms with Crippen molar-refractivity contribution in [2.75, 3.05) is 20.1 Å². The lowest BCUT2D eigenvalue weighted by molar-refractivity contribution is 0.282. The fraction of sp³-hybridized carbons (Fsp3) is 0.923. The number of hydrogen-bond donors (Lipinski definition) is 2. The van der Waals surface area contributed by atoms with E-state index >= 15 is 0 Å². The van der Waals surface area contributed by atoms with Crippen molar-refractivity contribution in [3.63, 3.8) is 0 Å². The van der Waals surface area contributed by atoms with Crippen LogP contribution in [0.2, 0.25) is 0 Å². The molecule has 0 atom stereocenters. The topological polar surface area (TPSA) is 53.6 Å². The summed E-state index contributed by atoms with van der Waals surface area (Å²) in [6, 6.07) is 1.12. The second-order valence-corrected chi connectivity index (χ2v) is 5.32. The Kier molecular flexibility index (Phi) is 6.34. The highest BCUT2D eigenvalue weighted by atomic mass is 15.2. The first-order chi connectivity index (χ1) is 8.09. The van der Waals surface area contributed by atoms with Crippen LogP contribution in [0.4, 0.5) is 0 Å². The average molecular weight is 240 g/mol. The van der Waals surface area contributed by atoms with Crippen molar-refractivity contribution in [1.82, 2.24) is 10.2 Å². The van der Waals surface area contributed by atoms with Gasteiger partial charge in [-0.05, 0) is 33.7 Å². The molecule has 0 aromatic carbocycles. The molecule has 4 nitrogen and oxygen atoms in total. The minimum absolute atomic E-state index is 0.551. The Morgan fingerprint density at radius 1 is 1.35 bits per heavy atom. The maximum absolute atomic E-state index is 5.89. The zero-order chi connectivity index (χ0) is 12.7. The Labute approximate surface area is 106 Å². The summed E-state index contributed by atoms with van der Waals surface area (Å²) in [7, 11) is 2.12. The van der Waals surface area contributed by atoms with Crippen molar-refractivity contribution in [3.05, 3.63) is 0 Å². The van der Waals surface area contributed by atoms with Crippen LogP contribution < -0.4 is 11.1 Å². The highest BCUT2D eigenvalue weighted by molar-refractivity contribution is 5.78. The van der Waals surface area contributed by atoms with E-state index in [0.717, 1.165) is 13.1 Å². The number of hydrogen-bond acceptors (Lipinski definition) is 2. The highest BCUT2D eigenvalue weighted by Gasteiger charge is 2.13. The molecule has 1 rings (SSSR count). The molecule has 0 unspecified atom stereocenters. The normalized spacial score (nSPS) is 19.0. The third kappa shape index (κ3) is 5.91. The van der Waals surface area contributed by atoms with E-state index in [0.29, 0.717) is 18.0 Å². The predicted molar refractivity (Wildman–Crippen MR) is 74.3 cm³/mol. The molecule has 1 fully saturated rings. The van der Waals surface area contributed by atoms with Gasteiger partial charge in [-0.15, -0.1) is 0 Å². The summed E-state index contributed by atoms with van der Waals surface area (Å²) in [5.41, 5.74) is 5.89.